The smallest absolute Gasteiger partial charge is 0.224 e. The van der Waals surface area contributed by atoms with Gasteiger partial charge in [0.25, 0.3) is 0 Å². The number of aryl methyl sites for hydroxylation is 1. The molecule has 2 aromatic rings. The number of carbonyl (C=O) groups is 1. The van der Waals surface area contributed by atoms with Gasteiger partial charge in [-0.1, -0.05) is 83.8 Å². The van der Waals surface area contributed by atoms with Crippen molar-refractivity contribution in [2.75, 3.05) is 6.61 Å². The van der Waals surface area contributed by atoms with Gasteiger partial charge in [0.15, 0.2) is 0 Å². The Labute approximate surface area is 194 Å². The number of ether oxygens (including phenoxy) is 1. The molecule has 0 amide bonds. The number of rotatable bonds is 16. The molecule has 0 bridgehead atoms. The lowest BCUT2D eigenvalue weighted by molar-refractivity contribution is 0.108. The summed E-state index contributed by atoms with van der Waals surface area (Å²) < 4.78 is 5.84. The molecular formula is C28H40O2S. The predicted octanol–water partition coefficient (Wildman–Crippen LogP) is 8.87. The van der Waals surface area contributed by atoms with Crippen molar-refractivity contribution in [2.24, 2.45) is 0 Å². The van der Waals surface area contributed by atoms with Gasteiger partial charge in [-0.15, -0.1) is 0 Å². The number of hydrogen-bond donors (Lipinski definition) is 0. The Morgan fingerprint density at radius 2 is 1.29 bits per heavy atom. The standard InChI is InChI=1S/C28H40O2S/c1-3-5-7-8-9-10-11-13-23-30-26-19-17-25(18-20-26)28(29)31-27-21-15-24(16-22-27)14-12-6-4-2/h15-22H,3-14,23H2,1-2H3. The molecular weight excluding hydrogens is 400 g/mol. The highest BCUT2D eigenvalue weighted by Gasteiger charge is 2.08. The molecule has 0 heterocycles. The first-order valence-corrected chi connectivity index (χ1v) is 13.1. The van der Waals surface area contributed by atoms with Gasteiger partial charge >= 0.3 is 0 Å². The molecule has 2 rings (SSSR count). The summed E-state index contributed by atoms with van der Waals surface area (Å²) in [5, 5.41) is 0.0772. The Bertz CT molecular complexity index is 722. The first kappa shape index (κ1) is 25.5. The lowest BCUT2D eigenvalue weighted by Gasteiger charge is -2.07. The van der Waals surface area contributed by atoms with Crippen LogP contribution in [0.4, 0.5) is 0 Å². The summed E-state index contributed by atoms with van der Waals surface area (Å²) in [7, 11) is 0. The predicted molar refractivity (Wildman–Crippen MR) is 134 cm³/mol. The Kier molecular flexibility index (Phi) is 13.1. The van der Waals surface area contributed by atoms with Crippen molar-refractivity contribution in [1.82, 2.24) is 0 Å². The van der Waals surface area contributed by atoms with Gasteiger partial charge in [0.05, 0.1) is 6.61 Å². The second kappa shape index (κ2) is 16.0. The summed E-state index contributed by atoms with van der Waals surface area (Å²) in [6.07, 6.45) is 15.3. The molecule has 0 unspecified atom stereocenters. The molecule has 2 nitrogen and oxygen atoms in total. The van der Waals surface area contributed by atoms with Crippen LogP contribution in [0.1, 0.15) is 100 Å². The summed E-state index contributed by atoms with van der Waals surface area (Å²) in [5.41, 5.74) is 2.07. The average molecular weight is 441 g/mol. The van der Waals surface area contributed by atoms with E-state index in [1.54, 1.807) is 0 Å². The van der Waals surface area contributed by atoms with E-state index in [0.29, 0.717) is 0 Å². The van der Waals surface area contributed by atoms with Gasteiger partial charge in [-0.05, 0) is 73.0 Å². The molecule has 31 heavy (non-hydrogen) atoms. The van der Waals surface area contributed by atoms with Crippen LogP contribution in [0.15, 0.2) is 53.4 Å². The first-order chi connectivity index (χ1) is 15.2. The third-order valence-electron chi connectivity index (χ3n) is 5.56. The number of unbranched alkanes of at least 4 members (excludes halogenated alkanes) is 9. The van der Waals surface area contributed by atoms with Crippen molar-refractivity contribution >= 4 is 16.9 Å². The van der Waals surface area contributed by atoms with E-state index in [4.69, 9.17) is 4.74 Å². The zero-order valence-corrected chi connectivity index (χ0v) is 20.4. The number of thioether (sulfide) groups is 1. The van der Waals surface area contributed by atoms with E-state index in [0.717, 1.165) is 35.7 Å². The van der Waals surface area contributed by atoms with Crippen LogP contribution in [0, 0.1) is 0 Å². The Morgan fingerprint density at radius 1 is 0.710 bits per heavy atom. The van der Waals surface area contributed by atoms with Crippen LogP contribution >= 0.6 is 11.8 Å². The molecule has 2 aromatic carbocycles. The van der Waals surface area contributed by atoms with E-state index in [-0.39, 0.29) is 5.12 Å². The van der Waals surface area contributed by atoms with E-state index < -0.39 is 0 Å². The van der Waals surface area contributed by atoms with Gasteiger partial charge in [-0.2, -0.15) is 0 Å². The molecule has 0 spiro atoms. The maximum absolute atomic E-state index is 12.6. The highest BCUT2D eigenvalue weighted by Crippen LogP contribution is 2.25. The van der Waals surface area contributed by atoms with Crippen molar-refractivity contribution in [3.8, 4) is 5.75 Å². The van der Waals surface area contributed by atoms with Gasteiger partial charge in [-0.25, -0.2) is 0 Å². The fourth-order valence-corrected chi connectivity index (χ4v) is 4.32. The maximum Gasteiger partial charge on any atom is 0.224 e. The molecule has 3 heteroatoms. The minimum absolute atomic E-state index is 0.0772. The van der Waals surface area contributed by atoms with Gasteiger partial charge < -0.3 is 4.74 Å². The van der Waals surface area contributed by atoms with E-state index in [2.05, 4.69) is 38.1 Å². The largest absolute Gasteiger partial charge is 0.494 e. The quantitative estimate of drug-likeness (QED) is 0.192. The second-order valence-corrected chi connectivity index (χ2v) is 9.38. The summed E-state index contributed by atoms with van der Waals surface area (Å²) in [6.45, 7) is 5.23. The van der Waals surface area contributed by atoms with Gasteiger partial charge in [0.2, 0.25) is 5.12 Å². The third-order valence-corrected chi connectivity index (χ3v) is 6.49. The summed E-state index contributed by atoms with van der Waals surface area (Å²) >= 11 is 1.29. The van der Waals surface area contributed by atoms with Gasteiger partial charge in [0, 0.05) is 10.5 Å². The van der Waals surface area contributed by atoms with Crippen LogP contribution in [-0.2, 0) is 6.42 Å². The molecule has 0 aliphatic carbocycles. The van der Waals surface area contributed by atoms with Crippen LogP contribution in [0.2, 0.25) is 0 Å². The maximum atomic E-state index is 12.6. The van der Waals surface area contributed by atoms with E-state index in [1.807, 2.05) is 24.3 Å². The number of benzene rings is 2. The molecule has 0 aliphatic heterocycles. The lowest BCUT2D eigenvalue weighted by Crippen LogP contribution is -1.98. The molecule has 170 valence electrons. The van der Waals surface area contributed by atoms with Crippen LogP contribution in [0.25, 0.3) is 0 Å². The zero-order chi connectivity index (χ0) is 22.2. The highest BCUT2D eigenvalue weighted by atomic mass is 32.2. The van der Waals surface area contributed by atoms with Crippen LogP contribution < -0.4 is 4.74 Å². The molecule has 0 radical (unpaired) electrons. The van der Waals surface area contributed by atoms with Gasteiger partial charge in [-0.3, -0.25) is 4.79 Å². The summed E-state index contributed by atoms with van der Waals surface area (Å²) in [5.74, 6) is 0.848. The molecule has 0 saturated carbocycles. The third kappa shape index (κ3) is 10.9. The second-order valence-electron chi connectivity index (χ2n) is 8.34. The Balaban J connectivity index is 1.66. The minimum Gasteiger partial charge on any atom is -0.494 e. The highest BCUT2D eigenvalue weighted by molar-refractivity contribution is 8.14. The molecule has 0 aromatic heterocycles. The monoisotopic (exact) mass is 440 g/mol. The number of hydrogen-bond acceptors (Lipinski definition) is 3. The lowest BCUT2D eigenvalue weighted by atomic mass is 10.1. The van der Waals surface area contributed by atoms with E-state index in [9.17, 15) is 4.79 Å². The van der Waals surface area contributed by atoms with Crippen molar-refractivity contribution in [1.29, 1.82) is 0 Å². The van der Waals surface area contributed by atoms with Crippen LogP contribution in [0.3, 0.4) is 0 Å². The van der Waals surface area contributed by atoms with Crippen LogP contribution in [0.5, 0.6) is 5.75 Å². The minimum atomic E-state index is 0.0772. The zero-order valence-electron chi connectivity index (χ0n) is 19.5. The average Bonchev–Trinajstić information content (AvgIpc) is 2.79. The SMILES string of the molecule is CCCCCCCCCCOc1ccc(C(=O)Sc2ccc(CCCCC)cc2)cc1. The number of carbonyl (C=O) groups excluding carboxylic acids is 1. The topological polar surface area (TPSA) is 26.3 Å². The molecule has 0 aliphatic rings. The van der Waals surface area contributed by atoms with Crippen molar-refractivity contribution in [3.63, 3.8) is 0 Å². The van der Waals surface area contributed by atoms with Crippen LogP contribution in [-0.4, -0.2) is 11.7 Å². The van der Waals surface area contributed by atoms with Crippen molar-refractivity contribution in [3.05, 3.63) is 59.7 Å². The summed E-state index contributed by atoms with van der Waals surface area (Å²) in [6, 6.07) is 16.0. The fourth-order valence-electron chi connectivity index (χ4n) is 3.58. The summed E-state index contributed by atoms with van der Waals surface area (Å²) in [4.78, 5) is 13.6. The van der Waals surface area contributed by atoms with Crippen molar-refractivity contribution < 1.29 is 9.53 Å². The Morgan fingerprint density at radius 3 is 1.94 bits per heavy atom. The Hall–Kier alpha value is -1.74. The van der Waals surface area contributed by atoms with Gasteiger partial charge in [0.1, 0.15) is 5.75 Å². The van der Waals surface area contributed by atoms with E-state index >= 15 is 0 Å². The fraction of sp³-hybridized carbons (Fsp3) is 0.536. The van der Waals surface area contributed by atoms with E-state index in [1.165, 1.54) is 81.5 Å². The van der Waals surface area contributed by atoms with Crippen molar-refractivity contribution in [2.45, 2.75) is 95.8 Å². The molecule has 0 N–H and O–H groups in total. The molecule has 0 atom stereocenters. The molecule has 0 saturated heterocycles. The normalized spacial score (nSPS) is 10.9. The molecule has 0 fully saturated rings. The first-order valence-electron chi connectivity index (χ1n) is 12.3.